The number of halogens is 1. The Hall–Kier alpha value is -0.410. The van der Waals surface area contributed by atoms with Crippen LogP contribution in [0.5, 0.6) is 0 Å². The van der Waals surface area contributed by atoms with Crippen LogP contribution in [-0.2, 0) is 6.54 Å². The van der Waals surface area contributed by atoms with Crippen molar-refractivity contribution in [2.75, 3.05) is 34.2 Å². The highest BCUT2D eigenvalue weighted by atomic mass is 127. The average molecular weight is 411 g/mol. The van der Waals surface area contributed by atoms with E-state index in [0.29, 0.717) is 0 Å². The predicted molar refractivity (Wildman–Crippen MR) is 98.4 cm³/mol. The van der Waals surface area contributed by atoms with Crippen molar-refractivity contribution >= 4 is 41.3 Å². The first-order valence-corrected chi connectivity index (χ1v) is 7.36. The minimum absolute atomic E-state index is 0. The summed E-state index contributed by atoms with van der Waals surface area (Å²) in [7, 11) is 5.97. The summed E-state index contributed by atoms with van der Waals surface area (Å²) in [5.41, 5.74) is 1.11. The van der Waals surface area contributed by atoms with Gasteiger partial charge in [0.2, 0.25) is 0 Å². The van der Waals surface area contributed by atoms with Crippen LogP contribution in [0.4, 0.5) is 0 Å². The standard InChI is InChI=1S/C13H25N5S.HI/c1-10-12(19-11(2)17-10)9-16-13(14-3)15-7-6-8-18(4)5;/h6-9H2,1-5H3,(H2,14,15,16);1H. The summed E-state index contributed by atoms with van der Waals surface area (Å²) in [5.74, 6) is 0.851. The largest absolute Gasteiger partial charge is 0.356 e. The minimum atomic E-state index is 0. The molecule has 0 aromatic carbocycles. The lowest BCUT2D eigenvalue weighted by atomic mass is 10.4. The molecule has 0 unspecified atom stereocenters. The zero-order valence-electron chi connectivity index (χ0n) is 13.0. The molecule has 20 heavy (non-hydrogen) atoms. The van der Waals surface area contributed by atoms with Crippen molar-refractivity contribution in [2.24, 2.45) is 4.99 Å². The van der Waals surface area contributed by atoms with Gasteiger partial charge in [-0.15, -0.1) is 35.3 Å². The fourth-order valence-corrected chi connectivity index (χ4v) is 2.60. The SMILES string of the molecule is CN=C(NCCCN(C)C)NCc1sc(C)nc1C.I. The van der Waals surface area contributed by atoms with Crippen LogP contribution in [0.1, 0.15) is 22.0 Å². The number of thiazole rings is 1. The molecule has 0 fully saturated rings. The van der Waals surface area contributed by atoms with Crippen molar-refractivity contribution in [3.8, 4) is 0 Å². The van der Waals surface area contributed by atoms with E-state index in [4.69, 9.17) is 0 Å². The molecule has 1 aromatic rings. The molecule has 0 amide bonds. The number of hydrogen-bond donors (Lipinski definition) is 2. The summed E-state index contributed by atoms with van der Waals surface area (Å²) in [6.45, 7) is 6.88. The summed E-state index contributed by atoms with van der Waals surface area (Å²) in [5, 5.41) is 7.76. The molecule has 0 aliphatic rings. The van der Waals surface area contributed by atoms with Gasteiger partial charge in [-0.25, -0.2) is 4.98 Å². The lowest BCUT2D eigenvalue weighted by Gasteiger charge is -2.13. The van der Waals surface area contributed by atoms with Crippen LogP contribution < -0.4 is 10.6 Å². The monoisotopic (exact) mass is 411 g/mol. The maximum absolute atomic E-state index is 4.42. The smallest absolute Gasteiger partial charge is 0.191 e. The van der Waals surface area contributed by atoms with Gasteiger partial charge in [0.15, 0.2) is 5.96 Å². The third-order valence-corrected chi connectivity index (χ3v) is 3.79. The zero-order chi connectivity index (χ0) is 14.3. The highest BCUT2D eigenvalue weighted by Gasteiger charge is 2.05. The number of guanidine groups is 1. The van der Waals surface area contributed by atoms with Gasteiger partial charge in [-0.3, -0.25) is 4.99 Å². The second-order valence-corrected chi connectivity index (χ2v) is 6.04. The van der Waals surface area contributed by atoms with Crippen LogP contribution in [0.25, 0.3) is 0 Å². The number of nitrogens with one attached hydrogen (secondary N) is 2. The lowest BCUT2D eigenvalue weighted by Crippen LogP contribution is -2.38. The lowest BCUT2D eigenvalue weighted by molar-refractivity contribution is 0.399. The summed E-state index contributed by atoms with van der Waals surface area (Å²) < 4.78 is 0. The van der Waals surface area contributed by atoms with Crippen LogP contribution in [0.15, 0.2) is 4.99 Å². The van der Waals surface area contributed by atoms with E-state index in [1.807, 2.05) is 13.8 Å². The van der Waals surface area contributed by atoms with Crippen LogP contribution in [-0.4, -0.2) is 50.1 Å². The second kappa shape index (κ2) is 10.3. The molecular weight excluding hydrogens is 385 g/mol. The first-order chi connectivity index (χ1) is 9.02. The average Bonchev–Trinajstić information content (AvgIpc) is 2.66. The third kappa shape index (κ3) is 7.39. The third-order valence-electron chi connectivity index (χ3n) is 2.71. The van der Waals surface area contributed by atoms with Gasteiger partial charge in [-0.1, -0.05) is 0 Å². The minimum Gasteiger partial charge on any atom is -0.356 e. The fourth-order valence-electron chi connectivity index (χ4n) is 1.72. The van der Waals surface area contributed by atoms with Crippen LogP contribution in [0, 0.1) is 13.8 Å². The molecule has 116 valence electrons. The molecule has 7 heteroatoms. The van der Waals surface area contributed by atoms with E-state index in [1.54, 1.807) is 18.4 Å². The number of aromatic nitrogens is 1. The molecule has 0 aliphatic heterocycles. The van der Waals surface area contributed by atoms with E-state index < -0.39 is 0 Å². The van der Waals surface area contributed by atoms with Crippen molar-refractivity contribution in [1.29, 1.82) is 0 Å². The van der Waals surface area contributed by atoms with E-state index in [-0.39, 0.29) is 24.0 Å². The van der Waals surface area contributed by atoms with E-state index in [9.17, 15) is 0 Å². The van der Waals surface area contributed by atoms with Gasteiger partial charge in [-0.05, 0) is 40.9 Å². The predicted octanol–water partition coefficient (Wildman–Crippen LogP) is 1.99. The fraction of sp³-hybridized carbons (Fsp3) is 0.692. The molecule has 2 N–H and O–H groups in total. The molecule has 1 rings (SSSR count). The molecule has 1 aromatic heterocycles. The van der Waals surface area contributed by atoms with Crippen LogP contribution >= 0.6 is 35.3 Å². The van der Waals surface area contributed by atoms with E-state index in [2.05, 4.69) is 39.6 Å². The Bertz CT molecular complexity index is 417. The van der Waals surface area contributed by atoms with Gasteiger partial charge >= 0.3 is 0 Å². The number of nitrogens with zero attached hydrogens (tertiary/aromatic N) is 3. The topological polar surface area (TPSA) is 52.6 Å². The van der Waals surface area contributed by atoms with E-state index >= 15 is 0 Å². The van der Waals surface area contributed by atoms with E-state index in [1.165, 1.54) is 4.88 Å². The highest BCUT2D eigenvalue weighted by molar-refractivity contribution is 14.0. The van der Waals surface area contributed by atoms with Gasteiger partial charge < -0.3 is 15.5 Å². The Morgan fingerprint density at radius 2 is 2.00 bits per heavy atom. The number of rotatable bonds is 6. The van der Waals surface area contributed by atoms with Crippen molar-refractivity contribution in [3.63, 3.8) is 0 Å². The van der Waals surface area contributed by atoms with Crippen LogP contribution in [0.2, 0.25) is 0 Å². The Kier molecular flexibility index (Phi) is 10.1. The molecule has 0 atom stereocenters. The van der Waals surface area contributed by atoms with Crippen molar-refractivity contribution in [1.82, 2.24) is 20.5 Å². The highest BCUT2D eigenvalue weighted by Crippen LogP contribution is 2.16. The van der Waals surface area contributed by atoms with Gasteiger partial charge in [0.05, 0.1) is 17.2 Å². The summed E-state index contributed by atoms with van der Waals surface area (Å²) in [6, 6.07) is 0. The second-order valence-electron chi connectivity index (χ2n) is 4.75. The zero-order valence-corrected chi connectivity index (χ0v) is 16.1. The molecule has 0 spiro atoms. The Labute approximate surface area is 143 Å². The quantitative estimate of drug-likeness (QED) is 0.326. The summed E-state index contributed by atoms with van der Waals surface area (Å²) in [6.07, 6.45) is 1.10. The summed E-state index contributed by atoms with van der Waals surface area (Å²) in [4.78, 5) is 12.1. The maximum Gasteiger partial charge on any atom is 0.191 e. The molecule has 0 aliphatic carbocycles. The molecule has 1 heterocycles. The van der Waals surface area contributed by atoms with E-state index in [0.717, 1.165) is 42.7 Å². The maximum atomic E-state index is 4.42. The van der Waals surface area contributed by atoms with Crippen molar-refractivity contribution < 1.29 is 0 Å². The van der Waals surface area contributed by atoms with Crippen molar-refractivity contribution in [3.05, 3.63) is 15.6 Å². The number of aliphatic imine (C=N–C) groups is 1. The van der Waals surface area contributed by atoms with Crippen molar-refractivity contribution in [2.45, 2.75) is 26.8 Å². The Morgan fingerprint density at radius 3 is 2.50 bits per heavy atom. The Balaban J connectivity index is 0.00000361. The summed E-state index contributed by atoms with van der Waals surface area (Å²) >= 11 is 1.74. The van der Waals surface area contributed by atoms with Crippen LogP contribution in [0.3, 0.4) is 0 Å². The van der Waals surface area contributed by atoms with Gasteiger partial charge in [0, 0.05) is 18.5 Å². The molecule has 0 saturated heterocycles. The first kappa shape index (κ1) is 19.6. The molecule has 5 nitrogen and oxygen atoms in total. The Morgan fingerprint density at radius 1 is 1.30 bits per heavy atom. The normalized spacial score (nSPS) is 11.4. The molecule has 0 bridgehead atoms. The van der Waals surface area contributed by atoms with Gasteiger partial charge in [0.25, 0.3) is 0 Å². The van der Waals surface area contributed by atoms with Gasteiger partial charge in [-0.2, -0.15) is 0 Å². The first-order valence-electron chi connectivity index (χ1n) is 6.55. The van der Waals surface area contributed by atoms with Gasteiger partial charge in [0.1, 0.15) is 0 Å². The number of hydrogen-bond acceptors (Lipinski definition) is 4. The molecule has 0 radical (unpaired) electrons. The number of aryl methyl sites for hydroxylation is 2. The molecule has 0 saturated carbocycles. The molecular formula is C13H26IN5S.